The van der Waals surface area contributed by atoms with Gasteiger partial charge in [0.15, 0.2) is 11.5 Å². The van der Waals surface area contributed by atoms with Crippen LogP contribution in [0, 0.1) is 0 Å². The average Bonchev–Trinajstić information content (AvgIpc) is 3.24. The van der Waals surface area contributed by atoms with E-state index in [1.807, 2.05) is 12.1 Å². The summed E-state index contributed by atoms with van der Waals surface area (Å²) in [5, 5.41) is 6.31. The van der Waals surface area contributed by atoms with Gasteiger partial charge in [0.25, 0.3) is 5.91 Å². The number of rotatable bonds is 7. The highest BCUT2D eigenvalue weighted by Crippen LogP contribution is 2.34. The zero-order chi connectivity index (χ0) is 21.6. The number of ether oxygens (including phenoxy) is 2. The Morgan fingerprint density at radius 2 is 1.58 bits per heavy atom. The second-order valence-corrected chi connectivity index (χ2v) is 8.19. The molecule has 0 aliphatic carbocycles. The van der Waals surface area contributed by atoms with Crippen LogP contribution in [0.15, 0.2) is 66.7 Å². The van der Waals surface area contributed by atoms with Gasteiger partial charge in [-0.1, -0.05) is 23.7 Å². The quantitative estimate of drug-likeness (QED) is 0.513. The van der Waals surface area contributed by atoms with Crippen LogP contribution in [-0.2, 0) is 10.5 Å². The minimum atomic E-state index is -0.208. The highest BCUT2D eigenvalue weighted by molar-refractivity contribution is 7.99. The number of carbonyl (C=O) groups excluding carboxylic acids is 2. The van der Waals surface area contributed by atoms with Crippen molar-refractivity contribution in [3.63, 3.8) is 0 Å². The molecule has 4 rings (SSSR count). The molecule has 1 aliphatic heterocycles. The molecule has 1 aliphatic rings. The highest BCUT2D eigenvalue weighted by Gasteiger charge is 2.14. The monoisotopic (exact) mass is 454 g/mol. The lowest BCUT2D eigenvalue weighted by Gasteiger charge is -2.08. The third kappa shape index (κ3) is 5.71. The van der Waals surface area contributed by atoms with E-state index in [2.05, 4.69) is 10.6 Å². The van der Waals surface area contributed by atoms with E-state index < -0.39 is 0 Å². The Morgan fingerprint density at radius 1 is 0.871 bits per heavy atom. The summed E-state index contributed by atoms with van der Waals surface area (Å²) in [6.45, 7) is 0.189. The van der Waals surface area contributed by atoms with Crippen LogP contribution in [0.2, 0.25) is 5.02 Å². The maximum atomic E-state index is 12.5. The van der Waals surface area contributed by atoms with Gasteiger partial charge in [0.05, 0.1) is 5.75 Å². The van der Waals surface area contributed by atoms with Gasteiger partial charge in [-0.3, -0.25) is 9.59 Å². The highest BCUT2D eigenvalue weighted by atomic mass is 35.5. The van der Waals surface area contributed by atoms with Gasteiger partial charge < -0.3 is 20.1 Å². The lowest BCUT2D eigenvalue weighted by Crippen LogP contribution is -2.14. The molecule has 0 spiro atoms. The Kier molecular flexibility index (Phi) is 6.64. The van der Waals surface area contributed by atoms with Crippen LogP contribution >= 0.6 is 23.4 Å². The van der Waals surface area contributed by atoms with Crippen molar-refractivity contribution in [2.24, 2.45) is 0 Å². The number of benzene rings is 3. The summed E-state index contributed by atoms with van der Waals surface area (Å²) >= 11 is 7.34. The first kappa shape index (κ1) is 21.1. The minimum Gasteiger partial charge on any atom is -0.454 e. The first-order valence-corrected chi connectivity index (χ1v) is 11.0. The number of fused-ring (bicyclic) bond motifs is 1. The lowest BCUT2D eigenvalue weighted by atomic mass is 10.1. The molecule has 3 aromatic rings. The van der Waals surface area contributed by atoms with Crippen molar-refractivity contribution < 1.29 is 19.1 Å². The molecule has 158 valence electrons. The molecule has 0 fully saturated rings. The molecule has 0 atom stereocenters. The summed E-state index contributed by atoms with van der Waals surface area (Å²) in [5.74, 6) is 1.99. The molecule has 0 radical (unpaired) electrons. The lowest BCUT2D eigenvalue weighted by molar-refractivity contribution is -0.113. The zero-order valence-corrected chi connectivity index (χ0v) is 18.0. The van der Waals surface area contributed by atoms with E-state index in [4.69, 9.17) is 21.1 Å². The maximum absolute atomic E-state index is 12.5. The second-order valence-electron chi connectivity index (χ2n) is 6.77. The molecule has 0 unspecified atom stereocenters. The third-order valence-corrected chi connectivity index (χ3v) is 5.73. The number of nitrogens with one attached hydrogen (secondary N) is 2. The van der Waals surface area contributed by atoms with Crippen LogP contribution in [0.5, 0.6) is 11.5 Å². The van der Waals surface area contributed by atoms with E-state index >= 15 is 0 Å². The number of hydrogen-bond acceptors (Lipinski definition) is 5. The van der Waals surface area contributed by atoms with Crippen LogP contribution in [0.25, 0.3) is 0 Å². The van der Waals surface area contributed by atoms with E-state index in [9.17, 15) is 9.59 Å². The summed E-state index contributed by atoms with van der Waals surface area (Å²) in [5.41, 5.74) is 2.93. The molecular formula is C23H19ClN2O4S. The van der Waals surface area contributed by atoms with E-state index in [0.717, 1.165) is 5.56 Å². The molecule has 2 amide bonds. The molecule has 1 heterocycles. The first-order valence-electron chi connectivity index (χ1n) is 9.50. The molecule has 0 bridgehead atoms. The Balaban J connectivity index is 1.24. The van der Waals surface area contributed by atoms with Gasteiger partial charge in [-0.05, 0) is 54.1 Å². The zero-order valence-electron chi connectivity index (χ0n) is 16.4. The van der Waals surface area contributed by atoms with Gasteiger partial charge >= 0.3 is 0 Å². The van der Waals surface area contributed by atoms with Gasteiger partial charge in [0, 0.05) is 33.8 Å². The van der Waals surface area contributed by atoms with Crippen molar-refractivity contribution >= 4 is 46.6 Å². The average molecular weight is 455 g/mol. The summed E-state index contributed by atoms with van der Waals surface area (Å²) in [7, 11) is 0. The van der Waals surface area contributed by atoms with Crippen LogP contribution in [-0.4, -0.2) is 24.4 Å². The second kappa shape index (κ2) is 9.76. The van der Waals surface area contributed by atoms with Gasteiger partial charge in [-0.2, -0.15) is 0 Å². The number of amides is 2. The van der Waals surface area contributed by atoms with Crippen molar-refractivity contribution in [1.29, 1.82) is 0 Å². The van der Waals surface area contributed by atoms with Gasteiger partial charge in [0.2, 0.25) is 12.7 Å². The van der Waals surface area contributed by atoms with Gasteiger partial charge in [-0.25, -0.2) is 0 Å². The number of halogens is 1. The maximum Gasteiger partial charge on any atom is 0.255 e. The number of anilines is 2. The van der Waals surface area contributed by atoms with Crippen LogP contribution < -0.4 is 20.1 Å². The van der Waals surface area contributed by atoms with Crippen molar-refractivity contribution in [3.8, 4) is 11.5 Å². The van der Waals surface area contributed by atoms with Crippen molar-refractivity contribution in [1.82, 2.24) is 0 Å². The fourth-order valence-electron chi connectivity index (χ4n) is 2.92. The molecule has 0 saturated heterocycles. The van der Waals surface area contributed by atoms with Crippen molar-refractivity contribution in [3.05, 3.63) is 82.9 Å². The fraction of sp³-hybridized carbons (Fsp3) is 0.130. The van der Waals surface area contributed by atoms with E-state index in [0.29, 0.717) is 45.0 Å². The van der Waals surface area contributed by atoms with Crippen LogP contribution in [0.4, 0.5) is 11.4 Å². The minimum absolute atomic E-state index is 0.0768. The molecule has 3 aromatic carbocycles. The number of hydrogen-bond donors (Lipinski definition) is 2. The normalized spacial score (nSPS) is 11.8. The standard InChI is InChI=1S/C23H19ClN2O4S/c24-17-5-7-18(8-6-17)25-22(27)13-31-12-15-1-3-16(4-2-15)23(28)26-19-9-10-20-21(11-19)30-14-29-20/h1-11H,12-14H2,(H,25,27)(H,26,28). The van der Waals surface area contributed by atoms with E-state index in [1.54, 1.807) is 54.6 Å². The Bertz CT molecular complexity index is 1090. The largest absolute Gasteiger partial charge is 0.454 e. The molecule has 6 nitrogen and oxygen atoms in total. The molecule has 0 aromatic heterocycles. The van der Waals surface area contributed by atoms with Gasteiger partial charge in [-0.15, -0.1) is 11.8 Å². The molecule has 2 N–H and O–H groups in total. The van der Waals surface area contributed by atoms with Crippen LogP contribution in [0.3, 0.4) is 0 Å². The molecule has 0 saturated carbocycles. The predicted octanol–water partition coefficient (Wildman–Crippen LogP) is 5.19. The summed E-state index contributed by atoms with van der Waals surface area (Å²) in [6.07, 6.45) is 0. The van der Waals surface area contributed by atoms with E-state index in [1.165, 1.54) is 11.8 Å². The number of carbonyl (C=O) groups is 2. The Labute approximate surface area is 188 Å². The van der Waals surface area contributed by atoms with Crippen LogP contribution in [0.1, 0.15) is 15.9 Å². The van der Waals surface area contributed by atoms with Gasteiger partial charge in [0.1, 0.15) is 0 Å². The van der Waals surface area contributed by atoms with E-state index in [-0.39, 0.29) is 18.6 Å². The summed E-state index contributed by atoms with van der Waals surface area (Å²) in [4.78, 5) is 24.5. The molecular weight excluding hydrogens is 436 g/mol. The fourth-order valence-corrected chi connectivity index (χ4v) is 3.84. The number of thioether (sulfide) groups is 1. The first-order chi connectivity index (χ1) is 15.1. The Hall–Kier alpha value is -3.16. The summed E-state index contributed by atoms with van der Waals surface area (Å²) in [6, 6.07) is 19.6. The molecule has 8 heteroatoms. The Morgan fingerprint density at radius 3 is 2.35 bits per heavy atom. The SMILES string of the molecule is O=C(CSCc1ccc(C(=O)Nc2ccc3c(c2)OCO3)cc1)Nc1ccc(Cl)cc1. The molecule has 31 heavy (non-hydrogen) atoms. The van der Waals surface area contributed by atoms with Crippen molar-refractivity contribution in [2.45, 2.75) is 5.75 Å². The topological polar surface area (TPSA) is 76.7 Å². The smallest absolute Gasteiger partial charge is 0.255 e. The summed E-state index contributed by atoms with van der Waals surface area (Å²) < 4.78 is 10.6. The van der Waals surface area contributed by atoms with Crippen molar-refractivity contribution in [2.75, 3.05) is 23.2 Å². The predicted molar refractivity (Wildman–Crippen MR) is 123 cm³/mol. The third-order valence-electron chi connectivity index (χ3n) is 4.48.